The molecule has 1 aromatic carbocycles. The van der Waals surface area contributed by atoms with Gasteiger partial charge in [-0.1, -0.05) is 24.2 Å². The number of amides is 1. The number of para-hydroxylation sites is 1. The molecule has 5 nitrogen and oxygen atoms in total. The Morgan fingerprint density at radius 2 is 2.19 bits per heavy atom. The Hall–Kier alpha value is -2.37. The van der Waals surface area contributed by atoms with Gasteiger partial charge in [0, 0.05) is 6.54 Å². The second kappa shape index (κ2) is 6.88. The van der Waals surface area contributed by atoms with Crippen LogP contribution < -0.4 is 10.1 Å². The van der Waals surface area contributed by atoms with E-state index < -0.39 is 5.82 Å². The van der Waals surface area contributed by atoms with E-state index in [0.717, 1.165) is 6.42 Å². The molecule has 1 N–H and O–H groups in total. The number of nitrogens with zero attached hydrogens (tertiary/aromatic N) is 1. The summed E-state index contributed by atoms with van der Waals surface area (Å²) in [5.41, 5.74) is 0.698. The molecule has 0 unspecified atom stereocenters. The number of aromatic nitrogens is 1. The number of carbonyl (C=O) groups is 1. The third kappa shape index (κ3) is 3.59. The minimum absolute atomic E-state index is 0.0190. The Kier molecular flexibility index (Phi) is 4.92. The molecule has 0 aliphatic carbocycles. The number of ether oxygens (including phenoxy) is 1. The molecule has 112 valence electrons. The van der Waals surface area contributed by atoms with Crippen molar-refractivity contribution in [3.05, 3.63) is 47.1 Å². The standard InChI is InChI=1S/C15H17FN2O3/c1-3-8-17-15(19)14-11(10(2)21-18-14)9-20-13-7-5-4-6-12(13)16/h4-7H,3,8-9H2,1-2H3,(H,17,19). The minimum atomic E-state index is -0.455. The summed E-state index contributed by atoms with van der Waals surface area (Å²) in [7, 11) is 0. The summed E-state index contributed by atoms with van der Waals surface area (Å²) in [6.07, 6.45) is 0.823. The van der Waals surface area contributed by atoms with Crippen LogP contribution in [0.2, 0.25) is 0 Å². The van der Waals surface area contributed by atoms with Crippen molar-refractivity contribution in [3.63, 3.8) is 0 Å². The van der Waals surface area contributed by atoms with Crippen LogP contribution in [0.4, 0.5) is 4.39 Å². The average molecular weight is 292 g/mol. The first kappa shape index (κ1) is 15.0. The van der Waals surface area contributed by atoms with Gasteiger partial charge in [0.1, 0.15) is 12.4 Å². The van der Waals surface area contributed by atoms with Gasteiger partial charge in [0.2, 0.25) is 0 Å². The fraction of sp³-hybridized carbons (Fsp3) is 0.333. The van der Waals surface area contributed by atoms with Crippen molar-refractivity contribution < 1.29 is 18.4 Å². The molecule has 2 rings (SSSR count). The molecule has 0 spiro atoms. The van der Waals surface area contributed by atoms with Crippen LogP contribution in [-0.2, 0) is 6.61 Å². The van der Waals surface area contributed by atoms with Gasteiger partial charge in [-0.3, -0.25) is 4.79 Å². The highest BCUT2D eigenvalue weighted by molar-refractivity contribution is 5.93. The van der Waals surface area contributed by atoms with Crippen molar-refractivity contribution in [2.45, 2.75) is 26.9 Å². The predicted octanol–water partition coefficient (Wildman–Crippen LogP) is 2.84. The van der Waals surface area contributed by atoms with E-state index in [4.69, 9.17) is 9.26 Å². The zero-order valence-corrected chi connectivity index (χ0v) is 12.0. The lowest BCUT2D eigenvalue weighted by Crippen LogP contribution is -2.25. The molecule has 0 bridgehead atoms. The second-order valence-electron chi connectivity index (χ2n) is 4.54. The topological polar surface area (TPSA) is 64.4 Å². The van der Waals surface area contributed by atoms with E-state index >= 15 is 0 Å². The van der Waals surface area contributed by atoms with E-state index in [1.807, 2.05) is 6.92 Å². The number of carbonyl (C=O) groups excluding carboxylic acids is 1. The quantitative estimate of drug-likeness (QED) is 0.889. The molecule has 1 amide bonds. The molecule has 0 atom stereocenters. The fourth-order valence-electron chi connectivity index (χ4n) is 1.77. The number of benzene rings is 1. The van der Waals surface area contributed by atoms with Crippen LogP contribution >= 0.6 is 0 Å². The Morgan fingerprint density at radius 3 is 2.90 bits per heavy atom. The maximum atomic E-state index is 13.5. The van der Waals surface area contributed by atoms with E-state index in [1.165, 1.54) is 12.1 Å². The van der Waals surface area contributed by atoms with Gasteiger partial charge >= 0.3 is 0 Å². The lowest BCUT2D eigenvalue weighted by atomic mass is 10.2. The summed E-state index contributed by atoms with van der Waals surface area (Å²) in [6.45, 7) is 4.21. The van der Waals surface area contributed by atoms with Gasteiger partial charge in [-0.25, -0.2) is 4.39 Å². The maximum Gasteiger partial charge on any atom is 0.273 e. The fourth-order valence-corrected chi connectivity index (χ4v) is 1.77. The maximum absolute atomic E-state index is 13.5. The van der Waals surface area contributed by atoms with E-state index in [1.54, 1.807) is 19.1 Å². The lowest BCUT2D eigenvalue weighted by Gasteiger charge is -2.07. The number of nitrogens with one attached hydrogen (secondary N) is 1. The predicted molar refractivity (Wildman–Crippen MR) is 74.6 cm³/mol. The van der Waals surface area contributed by atoms with Crippen molar-refractivity contribution in [1.29, 1.82) is 0 Å². The molecular weight excluding hydrogens is 275 g/mol. The van der Waals surface area contributed by atoms with Crippen LogP contribution in [0.25, 0.3) is 0 Å². The van der Waals surface area contributed by atoms with Crippen molar-refractivity contribution in [2.24, 2.45) is 0 Å². The van der Waals surface area contributed by atoms with Gasteiger partial charge < -0.3 is 14.6 Å². The zero-order chi connectivity index (χ0) is 15.2. The third-order valence-electron chi connectivity index (χ3n) is 2.94. The van der Waals surface area contributed by atoms with Crippen LogP contribution in [0.1, 0.15) is 35.2 Å². The Labute approximate surface area is 122 Å². The highest BCUT2D eigenvalue weighted by Crippen LogP contribution is 2.20. The van der Waals surface area contributed by atoms with Crippen molar-refractivity contribution in [2.75, 3.05) is 6.54 Å². The number of aryl methyl sites for hydroxylation is 1. The molecule has 0 radical (unpaired) electrons. The summed E-state index contributed by atoms with van der Waals surface area (Å²) in [5, 5.41) is 6.46. The van der Waals surface area contributed by atoms with Gasteiger partial charge in [-0.05, 0) is 25.5 Å². The normalized spacial score (nSPS) is 10.4. The van der Waals surface area contributed by atoms with Gasteiger partial charge in [-0.2, -0.15) is 0 Å². The Morgan fingerprint density at radius 1 is 1.43 bits per heavy atom. The number of hydrogen-bond acceptors (Lipinski definition) is 4. The summed E-state index contributed by atoms with van der Waals surface area (Å²) in [4.78, 5) is 12.0. The number of hydrogen-bond donors (Lipinski definition) is 1. The SMILES string of the molecule is CCCNC(=O)c1noc(C)c1COc1ccccc1F. The molecule has 0 saturated carbocycles. The van der Waals surface area contributed by atoms with Crippen molar-refractivity contribution >= 4 is 5.91 Å². The molecular formula is C15H17FN2O3. The largest absolute Gasteiger partial charge is 0.486 e. The number of halogens is 1. The highest BCUT2D eigenvalue weighted by Gasteiger charge is 2.20. The van der Waals surface area contributed by atoms with E-state index in [0.29, 0.717) is 17.9 Å². The highest BCUT2D eigenvalue weighted by atomic mass is 19.1. The van der Waals surface area contributed by atoms with E-state index in [-0.39, 0.29) is 24.0 Å². The zero-order valence-electron chi connectivity index (χ0n) is 12.0. The first-order chi connectivity index (χ1) is 10.1. The van der Waals surface area contributed by atoms with Gasteiger partial charge in [0.15, 0.2) is 17.3 Å². The summed E-state index contributed by atoms with van der Waals surface area (Å²) in [6, 6.07) is 6.09. The smallest absolute Gasteiger partial charge is 0.273 e. The van der Waals surface area contributed by atoms with Gasteiger partial charge in [0.25, 0.3) is 5.91 Å². The van der Waals surface area contributed by atoms with Crippen LogP contribution in [0, 0.1) is 12.7 Å². The van der Waals surface area contributed by atoms with Crippen LogP contribution in [-0.4, -0.2) is 17.6 Å². The van der Waals surface area contributed by atoms with E-state index in [2.05, 4.69) is 10.5 Å². The van der Waals surface area contributed by atoms with E-state index in [9.17, 15) is 9.18 Å². The lowest BCUT2D eigenvalue weighted by molar-refractivity contribution is 0.0942. The van der Waals surface area contributed by atoms with Gasteiger partial charge in [-0.15, -0.1) is 0 Å². The monoisotopic (exact) mass is 292 g/mol. The number of rotatable bonds is 6. The summed E-state index contributed by atoms with van der Waals surface area (Å²) in [5.74, 6) is -0.171. The van der Waals surface area contributed by atoms with Crippen LogP contribution in [0.3, 0.4) is 0 Å². The first-order valence-electron chi connectivity index (χ1n) is 6.74. The third-order valence-corrected chi connectivity index (χ3v) is 2.94. The Balaban J connectivity index is 2.11. The van der Waals surface area contributed by atoms with Crippen LogP contribution in [0.15, 0.2) is 28.8 Å². The minimum Gasteiger partial charge on any atom is -0.486 e. The summed E-state index contributed by atoms with van der Waals surface area (Å²) >= 11 is 0. The molecule has 0 aliphatic heterocycles. The second-order valence-corrected chi connectivity index (χ2v) is 4.54. The molecule has 1 aromatic heterocycles. The molecule has 21 heavy (non-hydrogen) atoms. The van der Waals surface area contributed by atoms with Crippen LogP contribution in [0.5, 0.6) is 5.75 Å². The molecule has 0 aliphatic rings. The van der Waals surface area contributed by atoms with Gasteiger partial charge in [0.05, 0.1) is 5.56 Å². The molecule has 6 heteroatoms. The molecule has 1 heterocycles. The van der Waals surface area contributed by atoms with Crippen molar-refractivity contribution in [3.8, 4) is 5.75 Å². The molecule has 0 fully saturated rings. The molecule has 0 saturated heterocycles. The molecule has 2 aromatic rings. The average Bonchev–Trinajstić information content (AvgIpc) is 2.85. The van der Waals surface area contributed by atoms with Crippen molar-refractivity contribution in [1.82, 2.24) is 10.5 Å². The first-order valence-corrected chi connectivity index (χ1v) is 6.74. The summed E-state index contributed by atoms with van der Waals surface area (Å²) < 4.78 is 23.9. The Bertz CT molecular complexity index is 625.